The van der Waals surface area contributed by atoms with Crippen molar-refractivity contribution in [2.24, 2.45) is 0 Å². The van der Waals surface area contributed by atoms with Crippen molar-refractivity contribution in [3.63, 3.8) is 0 Å². The first-order chi connectivity index (χ1) is 5.39. The van der Waals surface area contributed by atoms with Gasteiger partial charge in [-0.05, 0) is 34.7 Å². The number of hydrogen-bond donors (Lipinski definition) is 3. The highest BCUT2D eigenvalue weighted by molar-refractivity contribution is 14.1. The third-order valence-corrected chi connectivity index (χ3v) is 1.45. The lowest BCUT2D eigenvalue weighted by molar-refractivity contribution is 0.275. The predicted molar refractivity (Wildman–Crippen MR) is 53.4 cm³/mol. The first-order valence-electron chi connectivity index (χ1n) is 2.88. The molecule has 0 radical (unpaired) electrons. The lowest BCUT2D eigenvalue weighted by Gasteiger charge is -1.82. The third-order valence-electron chi connectivity index (χ3n) is 0.733. The van der Waals surface area contributed by atoms with Gasteiger partial charge in [-0.1, -0.05) is 18.2 Å². The summed E-state index contributed by atoms with van der Waals surface area (Å²) in [4.78, 5) is 21.6. The van der Waals surface area contributed by atoms with Crippen molar-refractivity contribution in [1.82, 2.24) is 0 Å². The zero-order chi connectivity index (χ0) is 9.61. The van der Waals surface area contributed by atoms with Gasteiger partial charge >= 0.3 is 7.82 Å². The summed E-state index contributed by atoms with van der Waals surface area (Å²) in [6.45, 7) is 0. The van der Waals surface area contributed by atoms with Crippen LogP contribution < -0.4 is 0 Å². The molecule has 0 spiro atoms. The van der Waals surface area contributed by atoms with Crippen molar-refractivity contribution in [2.75, 3.05) is 0 Å². The second-order valence-corrected chi connectivity index (χ2v) is 4.08. The van der Waals surface area contributed by atoms with E-state index in [4.69, 9.17) is 19.2 Å². The average molecular weight is 302 g/mol. The van der Waals surface area contributed by atoms with Gasteiger partial charge in [0.1, 0.15) is 0 Å². The van der Waals surface area contributed by atoms with Gasteiger partial charge < -0.3 is 14.7 Å². The molecule has 1 aromatic carbocycles. The Labute approximate surface area is 83.6 Å². The van der Waals surface area contributed by atoms with E-state index in [9.17, 15) is 0 Å². The lowest BCUT2D eigenvalue weighted by Crippen LogP contribution is -1.66. The topological polar surface area (TPSA) is 77.8 Å². The second kappa shape index (κ2) is 5.66. The van der Waals surface area contributed by atoms with Crippen molar-refractivity contribution < 1.29 is 19.2 Å². The maximum atomic E-state index is 8.88. The van der Waals surface area contributed by atoms with Crippen molar-refractivity contribution in [1.29, 1.82) is 0 Å². The normalized spacial score (nSPS) is 10.0. The van der Waals surface area contributed by atoms with Crippen LogP contribution in [0, 0.1) is 3.57 Å². The molecule has 0 aliphatic heterocycles. The highest BCUT2D eigenvalue weighted by Gasteiger charge is 2.00. The van der Waals surface area contributed by atoms with Crippen LogP contribution in [0.15, 0.2) is 30.3 Å². The lowest BCUT2D eigenvalue weighted by atomic mass is 10.4. The zero-order valence-corrected chi connectivity index (χ0v) is 9.01. The summed E-state index contributed by atoms with van der Waals surface area (Å²) in [5.41, 5.74) is 0. The van der Waals surface area contributed by atoms with Crippen LogP contribution in [-0.4, -0.2) is 14.7 Å². The van der Waals surface area contributed by atoms with Gasteiger partial charge in [0.2, 0.25) is 0 Å². The quantitative estimate of drug-likeness (QED) is 0.499. The Bertz CT molecular complexity index is 249. The van der Waals surface area contributed by atoms with Gasteiger partial charge in [0.15, 0.2) is 0 Å². The molecule has 0 unspecified atom stereocenters. The molecule has 3 N–H and O–H groups in total. The fraction of sp³-hybridized carbons (Fsp3) is 0. The first-order valence-corrected chi connectivity index (χ1v) is 5.53. The molecule has 0 saturated heterocycles. The molecule has 0 atom stereocenters. The second-order valence-electron chi connectivity index (χ2n) is 1.81. The van der Waals surface area contributed by atoms with Crippen LogP contribution in [0.3, 0.4) is 0 Å². The maximum Gasteiger partial charge on any atom is 0.466 e. The van der Waals surface area contributed by atoms with Crippen LogP contribution in [0.1, 0.15) is 0 Å². The van der Waals surface area contributed by atoms with E-state index in [2.05, 4.69) is 34.7 Å². The molecule has 0 heterocycles. The number of rotatable bonds is 0. The van der Waals surface area contributed by atoms with E-state index in [0.717, 1.165) is 0 Å². The van der Waals surface area contributed by atoms with E-state index in [1.807, 2.05) is 18.2 Å². The molecule has 68 valence electrons. The molecule has 0 saturated carbocycles. The smallest absolute Gasteiger partial charge is 0.303 e. The Kier molecular flexibility index (Phi) is 5.69. The van der Waals surface area contributed by atoms with Gasteiger partial charge in [-0.15, -0.1) is 0 Å². The number of benzene rings is 1. The van der Waals surface area contributed by atoms with Gasteiger partial charge in [-0.3, -0.25) is 0 Å². The van der Waals surface area contributed by atoms with Crippen LogP contribution >= 0.6 is 30.4 Å². The highest BCUT2D eigenvalue weighted by Crippen LogP contribution is 2.25. The van der Waals surface area contributed by atoms with Crippen LogP contribution in [0.25, 0.3) is 0 Å². The van der Waals surface area contributed by atoms with Gasteiger partial charge in [-0.25, -0.2) is 4.57 Å². The Morgan fingerprint density at radius 2 is 1.42 bits per heavy atom. The molecule has 0 amide bonds. The minimum atomic E-state index is -4.64. The molecule has 1 aromatic rings. The van der Waals surface area contributed by atoms with Crippen LogP contribution in [0.2, 0.25) is 0 Å². The van der Waals surface area contributed by atoms with E-state index in [0.29, 0.717) is 0 Å². The highest BCUT2D eigenvalue weighted by atomic mass is 127. The summed E-state index contributed by atoms with van der Waals surface area (Å²) in [6.07, 6.45) is 0. The van der Waals surface area contributed by atoms with Gasteiger partial charge in [0, 0.05) is 3.57 Å². The molecule has 12 heavy (non-hydrogen) atoms. The number of halogens is 1. The molecule has 6 heteroatoms. The average Bonchev–Trinajstić information content (AvgIpc) is 1.85. The summed E-state index contributed by atoms with van der Waals surface area (Å²) < 4.78 is 10.2. The first kappa shape index (κ1) is 12.1. The van der Waals surface area contributed by atoms with Crippen molar-refractivity contribution in [2.45, 2.75) is 0 Å². The number of hydrogen-bond acceptors (Lipinski definition) is 1. The molecular weight excluding hydrogens is 294 g/mol. The van der Waals surface area contributed by atoms with E-state index < -0.39 is 7.82 Å². The predicted octanol–water partition coefficient (Wildman–Crippen LogP) is 1.36. The minimum Gasteiger partial charge on any atom is -0.303 e. The van der Waals surface area contributed by atoms with E-state index in [-0.39, 0.29) is 0 Å². The third kappa shape index (κ3) is 12.7. The van der Waals surface area contributed by atoms with Crippen molar-refractivity contribution in [3.8, 4) is 0 Å². The van der Waals surface area contributed by atoms with Gasteiger partial charge in [-0.2, -0.15) is 0 Å². The zero-order valence-electron chi connectivity index (χ0n) is 5.96. The van der Waals surface area contributed by atoms with E-state index >= 15 is 0 Å². The van der Waals surface area contributed by atoms with E-state index in [1.165, 1.54) is 3.57 Å². The Balaban J connectivity index is 0.000000217. The van der Waals surface area contributed by atoms with Crippen molar-refractivity contribution >= 4 is 30.4 Å². The molecule has 0 fully saturated rings. The summed E-state index contributed by atoms with van der Waals surface area (Å²) in [5.74, 6) is 0. The largest absolute Gasteiger partial charge is 0.466 e. The van der Waals surface area contributed by atoms with Crippen LogP contribution in [-0.2, 0) is 4.57 Å². The summed E-state index contributed by atoms with van der Waals surface area (Å²) >= 11 is 2.28. The van der Waals surface area contributed by atoms with Gasteiger partial charge in [0.05, 0.1) is 0 Å². The summed E-state index contributed by atoms with van der Waals surface area (Å²) in [6, 6.07) is 10.2. The van der Waals surface area contributed by atoms with Crippen molar-refractivity contribution in [3.05, 3.63) is 33.9 Å². The SMILES string of the molecule is Ic1ccccc1.O=P(O)(O)O. The van der Waals surface area contributed by atoms with E-state index in [1.54, 1.807) is 0 Å². The van der Waals surface area contributed by atoms with Crippen LogP contribution in [0.4, 0.5) is 0 Å². The fourth-order valence-corrected chi connectivity index (χ4v) is 0.830. The fourth-order valence-electron chi connectivity index (χ4n) is 0.415. The Morgan fingerprint density at radius 3 is 1.58 bits per heavy atom. The Morgan fingerprint density at radius 1 is 1.08 bits per heavy atom. The summed E-state index contributed by atoms with van der Waals surface area (Å²) in [5, 5.41) is 0. The molecule has 4 nitrogen and oxygen atoms in total. The maximum absolute atomic E-state index is 8.88. The monoisotopic (exact) mass is 302 g/mol. The van der Waals surface area contributed by atoms with Gasteiger partial charge in [0.25, 0.3) is 0 Å². The molecule has 1 rings (SSSR count). The molecular formula is C6H8IO4P. The number of phosphoric acid groups is 1. The minimum absolute atomic E-state index is 1.29. The molecule has 0 aliphatic carbocycles. The molecule has 0 bridgehead atoms. The summed E-state index contributed by atoms with van der Waals surface area (Å²) in [7, 11) is -4.64. The Hall–Kier alpha value is 0.0600. The van der Waals surface area contributed by atoms with Crippen LogP contribution in [0.5, 0.6) is 0 Å². The standard InChI is InChI=1S/C6H5I.H3O4P/c7-6-4-2-1-3-5-6;1-5(2,3)4/h1-5H;(H3,1,2,3,4). The molecule has 0 aliphatic rings. The molecule has 0 aromatic heterocycles.